The Morgan fingerprint density at radius 1 is 0.276 bits per heavy atom. The fourth-order valence-electron chi connectivity index (χ4n) is 9.28. The second-order valence-corrected chi connectivity index (χ2v) is 15.2. The van der Waals surface area contributed by atoms with Crippen molar-refractivity contribution >= 4 is 92.9 Å². The van der Waals surface area contributed by atoms with E-state index < -0.39 is 0 Å². The molecule has 0 N–H and O–H groups in total. The van der Waals surface area contributed by atoms with Gasteiger partial charge in [-0.1, -0.05) is 170 Å². The molecular weight excluding hydrogens is 703 g/mol. The lowest BCUT2D eigenvalue weighted by atomic mass is 9.93. The quantitative estimate of drug-likeness (QED) is 0.164. The number of para-hydroxylation sites is 2. The Kier molecular flexibility index (Phi) is 7.26. The van der Waals surface area contributed by atoms with Crippen molar-refractivity contribution in [2.75, 3.05) is 4.90 Å². The first-order valence-electron chi connectivity index (χ1n) is 19.9. The van der Waals surface area contributed by atoms with Crippen LogP contribution in [0.15, 0.2) is 217 Å². The minimum absolute atomic E-state index is 0.893. The van der Waals surface area contributed by atoms with Gasteiger partial charge in [0.25, 0.3) is 0 Å². The zero-order valence-electron chi connectivity index (χ0n) is 31.6. The molecule has 0 aliphatic rings. The van der Waals surface area contributed by atoms with Crippen molar-refractivity contribution in [3.63, 3.8) is 0 Å². The molecule has 0 atom stereocenters. The van der Waals surface area contributed by atoms with Crippen LogP contribution in [0, 0.1) is 0 Å². The van der Waals surface area contributed by atoms with E-state index in [9.17, 15) is 0 Å². The summed E-state index contributed by atoms with van der Waals surface area (Å²) in [6.07, 6.45) is 0. The Bertz CT molecular complexity index is 3580. The van der Waals surface area contributed by atoms with Gasteiger partial charge in [-0.05, 0) is 102 Å². The Hall–Kier alpha value is -7.68. The lowest BCUT2D eigenvalue weighted by Gasteiger charge is -2.28. The highest BCUT2D eigenvalue weighted by Crippen LogP contribution is 2.46. The van der Waals surface area contributed by atoms with Crippen molar-refractivity contribution < 1.29 is 4.42 Å². The topological polar surface area (TPSA) is 16.4 Å². The summed E-state index contributed by atoms with van der Waals surface area (Å²) < 4.78 is 6.91. The van der Waals surface area contributed by atoms with Gasteiger partial charge in [-0.15, -0.1) is 0 Å². The van der Waals surface area contributed by atoms with Gasteiger partial charge < -0.3 is 9.32 Å². The van der Waals surface area contributed by atoms with Gasteiger partial charge in [-0.3, -0.25) is 0 Å². The second kappa shape index (κ2) is 12.9. The third-order valence-electron chi connectivity index (χ3n) is 12.0. The van der Waals surface area contributed by atoms with Gasteiger partial charge in [0.15, 0.2) is 0 Å². The van der Waals surface area contributed by atoms with Crippen molar-refractivity contribution in [2.24, 2.45) is 0 Å². The third kappa shape index (κ3) is 5.05. The van der Waals surface area contributed by atoms with Crippen LogP contribution >= 0.6 is 0 Å². The Balaban J connectivity index is 1.07. The zero-order valence-corrected chi connectivity index (χ0v) is 31.6. The number of rotatable bonds is 5. The van der Waals surface area contributed by atoms with Crippen molar-refractivity contribution in [1.29, 1.82) is 0 Å². The SMILES string of the molecule is c1ccc(N(c2ccc(-c3cc4ccccc4c4ccccc34)cc2)c2ccc3c(ccc4ccccc43)c2)c(-c2cccc3c2oc2c4ccccc4ccc32)c1. The van der Waals surface area contributed by atoms with Gasteiger partial charge in [0.05, 0.1) is 5.69 Å². The lowest BCUT2D eigenvalue weighted by molar-refractivity contribution is 0.674. The molecule has 0 fully saturated rings. The Morgan fingerprint density at radius 3 is 1.62 bits per heavy atom. The van der Waals surface area contributed by atoms with E-state index >= 15 is 0 Å². The van der Waals surface area contributed by atoms with Gasteiger partial charge in [-0.25, -0.2) is 0 Å². The fourth-order valence-corrected chi connectivity index (χ4v) is 9.28. The minimum atomic E-state index is 0.893. The van der Waals surface area contributed by atoms with Crippen LogP contribution in [0.3, 0.4) is 0 Å². The minimum Gasteiger partial charge on any atom is -0.455 e. The van der Waals surface area contributed by atoms with E-state index in [1.54, 1.807) is 0 Å². The monoisotopic (exact) mass is 737 g/mol. The largest absolute Gasteiger partial charge is 0.455 e. The summed E-state index contributed by atoms with van der Waals surface area (Å²) in [7, 11) is 0. The predicted molar refractivity (Wildman–Crippen MR) is 247 cm³/mol. The Labute approximate surface area is 335 Å². The van der Waals surface area contributed by atoms with Crippen LogP contribution < -0.4 is 4.90 Å². The molecule has 1 heterocycles. The maximum absolute atomic E-state index is 6.91. The van der Waals surface area contributed by atoms with E-state index in [2.05, 4.69) is 217 Å². The van der Waals surface area contributed by atoms with Crippen LogP contribution in [0.5, 0.6) is 0 Å². The standard InChI is InChI=1S/C56H35NO/c1-4-15-43-36(12-1)24-25-40-34-42(31-33-45(40)43)57(41-29-26-38(27-30-41)53-35-39-14-3-5-16-44(39)47-18-7-8-19-48(47)53)54-23-10-9-20-49(54)50-21-11-22-51-52-32-28-37-13-2-6-17-46(37)55(52)58-56(50)51/h1-35H. The van der Waals surface area contributed by atoms with Crippen molar-refractivity contribution in [1.82, 2.24) is 0 Å². The molecule has 1 aromatic heterocycles. The van der Waals surface area contributed by atoms with Gasteiger partial charge >= 0.3 is 0 Å². The summed E-state index contributed by atoms with van der Waals surface area (Å²) in [6.45, 7) is 0. The lowest BCUT2D eigenvalue weighted by Crippen LogP contribution is -2.11. The summed E-state index contributed by atoms with van der Waals surface area (Å²) in [6, 6.07) is 77.0. The molecule has 0 saturated carbocycles. The molecule has 0 saturated heterocycles. The molecule has 2 heteroatoms. The molecule has 0 aliphatic heterocycles. The normalized spacial score (nSPS) is 11.8. The van der Waals surface area contributed by atoms with E-state index in [-0.39, 0.29) is 0 Å². The van der Waals surface area contributed by atoms with Gasteiger partial charge in [-0.2, -0.15) is 0 Å². The maximum Gasteiger partial charge on any atom is 0.143 e. The molecule has 0 radical (unpaired) electrons. The Morgan fingerprint density at radius 2 is 0.793 bits per heavy atom. The molecule has 0 unspecified atom stereocenters. The van der Waals surface area contributed by atoms with Crippen LogP contribution in [0.4, 0.5) is 17.1 Å². The average Bonchev–Trinajstić information content (AvgIpc) is 3.69. The molecule has 12 rings (SSSR count). The molecule has 2 nitrogen and oxygen atoms in total. The fraction of sp³-hybridized carbons (Fsp3) is 0. The van der Waals surface area contributed by atoms with Crippen molar-refractivity contribution in [2.45, 2.75) is 0 Å². The van der Waals surface area contributed by atoms with Crippen molar-refractivity contribution in [3.05, 3.63) is 212 Å². The highest BCUT2D eigenvalue weighted by molar-refractivity contribution is 6.18. The summed E-state index contributed by atoms with van der Waals surface area (Å²) in [5, 5.41) is 14.5. The number of anilines is 3. The summed E-state index contributed by atoms with van der Waals surface area (Å²) in [5.74, 6) is 0. The van der Waals surface area contributed by atoms with Crippen LogP contribution in [0.2, 0.25) is 0 Å². The molecule has 0 aliphatic carbocycles. The molecule has 0 amide bonds. The highest BCUT2D eigenvalue weighted by atomic mass is 16.3. The number of hydrogen-bond acceptors (Lipinski definition) is 2. The summed E-state index contributed by atoms with van der Waals surface area (Å²) in [5.41, 5.74) is 9.62. The maximum atomic E-state index is 6.91. The van der Waals surface area contributed by atoms with E-state index in [0.29, 0.717) is 0 Å². The molecular formula is C56H35NO. The van der Waals surface area contributed by atoms with Gasteiger partial charge in [0.2, 0.25) is 0 Å². The molecule has 12 aromatic rings. The number of fused-ring (bicyclic) bond motifs is 11. The molecule has 58 heavy (non-hydrogen) atoms. The number of furan rings is 1. The molecule has 11 aromatic carbocycles. The van der Waals surface area contributed by atoms with Crippen molar-refractivity contribution in [3.8, 4) is 22.3 Å². The number of benzene rings is 11. The van der Waals surface area contributed by atoms with E-state index in [1.807, 2.05) is 0 Å². The van der Waals surface area contributed by atoms with Gasteiger partial charge in [0.1, 0.15) is 11.2 Å². The third-order valence-corrected chi connectivity index (χ3v) is 12.0. The predicted octanol–water partition coefficient (Wildman–Crippen LogP) is 16.2. The number of nitrogens with zero attached hydrogens (tertiary/aromatic N) is 1. The van der Waals surface area contributed by atoms with Crippen LogP contribution in [0.25, 0.3) is 98.1 Å². The first-order valence-corrected chi connectivity index (χ1v) is 19.9. The highest BCUT2D eigenvalue weighted by Gasteiger charge is 2.22. The molecule has 0 spiro atoms. The van der Waals surface area contributed by atoms with Crippen LogP contribution in [-0.4, -0.2) is 0 Å². The van der Waals surface area contributed by atoms with Gasteiger partial charge in [0, 0.05) is 38.7 Å². The smallest absolute Gasteiger partial charge is 0.143 e. The first-order chi connectivity index (χ1) is 28.8. The number of hydrogen-bond donors (Lipinski definition) is 0. The molecule has 0 bridgehead atoms. The van der Waals surface area contributed by atoms with E-state index in [0.717, 1.165) is 55.5 Å². The van der Waals surface area contributed by atoms with E-state index in [1.165, 1.54) is 59.6 Å². The average molecular weight is 738 g/mol. The van der Waals surface area contributed by atoms with E-state index in [4.69, 9.17) is 4.42 Å². The molecule has 270 valence electrons. The van der Waals surface area contributed by atoms with Crippen LogP contribution in [-0.2, 0) is 0 Å². The zero-order chi connectivity index (χ0) is 38.2. The van der Waals surface area contributed by atoms with Crippen LogP contribution in [0.1, 0.15) is 0 Å². The second-order valence-electron chi connectivity index (χ2n) is 15.2. The summed E-state index contributed by atoms with van der Waals surface area (Å²) in [4.78, 5) is 2.41. The first kappa shape index (κ1) is 32.6. The summed E-state index contributed by atoms with van der Waals surface area (Å²) >= 11 is 0.